The van der Waals surface area contributed by atoms with Gasteiger partial charge in [0, 0.05) is 0 Å². The molecule has 1 rings (SSSR count). The van der Waals surface area contributed by atoms with E-state index in [2.05, 4.69) is 19.7 Å². The predicted octanol–water partition coefficient (Wildman–Crippen LogP) is 3.65. The van der Waals surface area contributed by atoms with Crippen molar-refractivity contribution < 1.29 is 27.2 Å². The van der Waals surface area contributed by atoms with Crippen LogP contribution in [0.5, 0.6) is 0 Å². The fourth-order valence-corrected chi connectivity index (χ4v) is 2.03. The summed E-state index contributed by atoms with van der Waals surface area (Å²) in [5.74, 6) is -1.26. The average Bonchev–Trinajstić information content (AvgIpc) is 2.39. The smallest absolute Gasteiger partial charge is 0.389 e. The van der Waals surface area contributed by atoms with Crippen molar-refractivity contribution in [3.63, 3.8) is 0 Å². The van der Waals surface area contributed by atoms with E-state index in [1.165, 1.54) is 12.1 Å². The van der Waals surface area contributed by atoms with Gasteiger partial charge in [-0.05, 0) is 25.6 Å². The monoisotopic (exact) mass is 306 g/mol. The number of esters is 1. The van der Waals surface area contributed by atoms with Crippen LogP contribution in [0.15, 0.2) is 42.9 Å². The van der Waals surface area contributed by atoms with Gasteiger partial charge < -0.3 is 9.26 Å². The number of halogens is 1. The Morgan fingerprint density at radius 3 is 2.53 bits per heavy atom. The summed E-state index contributed by atoms with van der Waals surface area (Å²) in [6.45, 7) is 4.87. The summed E-state index contributed by atoms with van der Waals surface area (Å²) in [6, 6.07) is 8.14. The van der Waals surface area contributed by atoms with Crippen LogP contribution < -0.4 is 0 Å². The summed E-state index contributed by atoms with van der Waals surface area (Å²) in [7, 11) is -4.02. The summed E-state index contributed by atoms with van der Waals surface area (Å²) in [4.78, 5) is 11.6. The number of ether oxygens (including phenoxy) is 1. The molecule has 0 radical (unpaired) electrons. The molecule has 0 N–H and O–H groups in total. The molecule has 1 unspecified atom stereocenters. The Kier molecular flexibility index (Phi) is 6.05. The molecule has 1 aromatic rings. The molecule has 0 saturated heterocycles. The number of rotatable bonds is 7. The fraction of sp³-hybridized carbons (Fsp3) is 0.182. The quantitative estimate of drug-likeness (QED) is 0.435. The normalized spacial score (nSPS) is 13.4. The lowest BCUT2D eigenvalue weighted by molar-refractivity contribution is 0.0431. The lowest BCUT2D eigenvalue weighted by Crippen LogP contribution is -2.06. The number of carbonyl (C=O) groups excluding carboxylic acids is 1. The van der Waals surface area contributed by atoms with Crippen LogP contribution in [0, 0.1) is 0 Å². The molecule has 8 heteroatoms. The van der Waals surface area contributed by atoms with Gasteiger partial charge >= 0.3 is 13.8 Å². The van der Waals surface area contributed by atoms with Crippen LogP contribution in [0.3, 0.4) is 0 Å². The zero-order chi connectivity index (χ0) is 14.3. The standard InChI is InChI=1S/C11H12ClO6P/c1-3-15-19(14,18-12)17-9(2)16-11(13)10-7-5-4-6-8-10/h4-8H,2-3H2,1H3. The number of carbonyl (C=O) groups is 1. The second-order valence-corrected chi connectivity index (χ2v) is 5.04. The first kappa shape index (κ1) is 15.7. The minimum Gasteiger partial charge on any atom is -0.389 e. The molecule has 0 aromatic heterocycles. The molecule has 0 spiro atoms. The molecular weight excluding hydrogens is 295 g/mol. The minimum absolute atomic E-state index is 0.0317. The van der Waals surface area contributed by atoms with Gasteiger partial charge in [0.2, 0.25) is 0 Å². The van der Waals surface area contributed by atoms with Gasteiger partial charge in [-0.15, -0.1) is 0 Å². The molecule has 0 aliphatic carbocycles. The molecule has 6 nitrogen and oxygen atoms in total. The number of hydrogen-bond acceptors (Lipinski definition) is 6. The Balaban J connectivity index is 2.61. The van der Waals surface area contributed by atoms with Crippen LogP contribution >= 0.6 is 19.7 Å². The van der Waals surface area contributed by atoms with Gasteiger partial charge in [-0.3, -0.25) is 4.52 Å². The van der Waals surface area contributed by atoms with E-state index in [1.54, 1.807) is 25.1 Å². The van der Waals surface area contributed by atoms with E-state index in [0.717, 1.165) is 0 Å². The summed E-state index contributed by atoms with van der Waals surface area (Å²) in [5, 5.41) is 0. The van der Waals surface area contributed by atoms with Crippen LogP contribution in [0.2, 0.25) is 0 Å². The topological polar surface area (TPSA) is 71.1 Å². The van der Waals surface area contributed by atoms with Crippen molar-refractivity contribution in [2.45, 2.75) is 6.92 Å². The highest BCUT2D eigenvalue weighted by atomic mass is 35.5. The molecule has 0 bridgehead atoms. The Morgan fingerprint density at radius 1 is 1.37 bits per heavy atom. The van der Waals surface area contributed by atoms with Crippen LogP contribution in [-0.2, 0) is 22.4 Å². The fourth-order valence-electron chi connectivity index (χ4n) is 1.10. The van der Waals surface area contributed by atoms with Crippen LogP contribution in [-0.4, -0.2) is 12.6 Å². The van der Waals surface area contributed by atoms with Crippen molar-refractivity contribution in [2.24, 2.45) is 0 Å². The number of benzene rings is 1. The van der Waals surface area contributed by atoms with E-state index >= 15 is 0 Å². The largest absolute Gasteiger partial charge is 0.549 e. The van der Waals surface area contributed by atoms with Crippen molar-refractivity contribution in [3.05, 3.63) is 48.4 Å². The van der Waals surface area contributed by atoms with Crippen molar-refractivity contribution >= 4 is 25.7 Å². The van der Waals surface area contributed by atoms with Gasteiger partial charge in [0.05, 0.1) is 24.0 Å². The van der Waals surface area contributed by atoms with Gasteiger partial charge in [-0.1, -0.05) is 18.2 Å². The van der Waals surface area contributed by atoms with E-state index in [0.29, 0.717) is 0 Å². The third-order valence-corrected chi connectivity index (χ3v) is 3.48. The Hall–Kier alpha value is -1.33. The molecule has 0 aliphatic heterocycles. The molecule has 104 valence electrons. The molecular formula is C11H12ClO6P. The van der Waals surface area contributed by atoms with Crippen molar-refractivity contribution in [3.8, 4) is 0 Å². The molecule has 1 atom stereocenters. The number of phosphoric ester groups is 1. The maximum atomic E-state index is 11.7. The summed E-state index contributed by atoms with van der Waals surface area (Å²) in [5.41, 5.74) is 0.283. The molecule has 0 aliphatic rings. The first-order chi connectivity index (χ1) is 9.00. The van der Waals surface area contributed by atoms with Crippen molar-refractivity contribution in [2.75, 3.05) is 6.61 Å². The van der Waals surface area contributed by atoms with Crippen LogP contribution in [0.4, 0.5) is 0 Å². The highest BCUT2D eigenvalue weighted by Gasteiger charge is 2.30. The third-order valence-electron chi connectivity index (χ3n) is 1.80. The summed E-state index contributed by atoms with van der Waals surface area (Å²) < 4.78 is 29.8. The van der Waals surface area contributed by atoms with Crippen LogP contribution in [0.1, 0.15) is 17.3 Å². The summed E-state index contributed by atoms with van der Waals surface area (Å²) >= 11 is 4.99. The van der Waals surface area contributed by atoms with E-state index in [4.69, 9.17) is 16.6 Å². The first-order valence-electron chi connectivity index (χ1n) is 5.21. The summed E-state index contributed by atoms with van der Waals surface area (Å²) in [6.07, 6.45) is 0. The zero-order valence-corrected chi connectivity index (χ0v) is 11.7. The van der Waals surface area contributed by atoms with Crippen LogP contribution in [0.25, 0.3) is 0 Å². The first-order valence-corrected chi connectivity index (χ1v) is 6.98. The number of phosphoric acid groups is 1. The van der Waals surface area contributed by atoms with Gasteiger partial charge in [0.25, 0.3) is 5.95 Å². The van der Waals surface area contributed by atoms with E-state index in [1.807, 2.05) is 0 Å². The molecule has 0 heterocycles. The lowest BCUT2D eigenvalue weighted by Gasteiger charge is -2.14. The maximum Gasteiger partial charge on any atom is 0.549 e. The van der Waals surface area contributed by atoms with Gasteiger partial charge in [0.15, 0.2) is 0 Å². The SMILES string of the molecule is C=C(OC(=O)c1ccccc1)OP(=O)(OCl)OCC. The predicted molar refractivity (Wildman–Crippen MR) is 68.3 cm³/mol. The molecule has 0 fully saturated rings. The Morgan fingerprint density at radius 2 is 2.00 bits per heavy atom. The number of hydrogen-bond donors (Lipinski definition) is 0. The van der Waals surface area contributed by atoms with E-state index < -0.39 is 19.7 Å². The second kappa shape index (κ2) is 7.31. The van der Waals surface area contributed by atoms with Gasteiger partial charge in [0.1, 0.15) is 0 Å². The molecule has 0 saturated carbocycles. The molecule has 1 aromatic carbocycles. The third kappa shape index (κ3) is 5.04. The average molecular weight is 307 g/mol. The van der Waals surface area contributed by atoms with Gasteiger partial charge in [-0.25, -0.2) is 9.36 Å². The lowest BCUT2D eigenvalue weighted by atomic mass is 10.2. The Labute approximate surface area is 115 Å². The molecule has 0 amide bonds. The maximum absolute atomic E-state index is 11.7. The highest BCUT2D eigenvalue weighted by molar-refractivity contribution is 7.49. The van der Waals surface area contributed by atoms with Gasteiger partial charge in [-0.2, -0.15) is 4.08 Å². The molecule has 19 heavy (non-hydrogen) atoms. The zero-order valence-electron chi connectivity index (χ0n) is 10.1. The van der Waals surface area contributed by atoms with E-state index in [-0.39, 0.29) is 12.2 Å². The minimum atomic E-state index is -4.02. The Bertz CT molecular complexity index is 489. The van der Waals surface area contributed by atoms with Crippen molar-refractivity contribution in [1.82, 2.24) is 0 Å². The second-order valence-electron chi connectivity index (χ2n) is 3.15. The van der Waals surface area contributed by atoms with Crippen molar-refractivity contribution in [1.29, 1.82) is 0 Å². The highest BCUT2D eigenvalue weighted by Crippen LogP contribution is 2.52. The van der Waals surface area contributed by atoms with E-state index in [9.17, 15) is 9.36 Å².